The Labute approximate surface area is 120 Å². The standard InChI is InChI=1S/C17H21NO2/c1-2-12-20-16-10-8-15(9-11-16)18-13-17(19)14-6-4-3-5-7-14/h3-11,17-19H,2,12-13H2,1H3. The highest BCUT2D eigenvalue weighted by Gasteiger charge is 2.06. The van der Waals surface area contributed by atoms with E-state index < -0.39 is 6.10 Å². The van der Waals surface area contributed by atoms with Gasteiger partial charge in [-0.25, -0.2) is 0 Å². The molecule has 2 rings (SSSR count). The summed E-state index contributed by atoms with van der Waals surface area (Å²) in [6, 6.07) is 17.4. The van der Waals surface area contributed by atoms with E-state index in [0.717, 1.165) is 30.0 Å². The summed E-state index contributed by atoms with van der Waals surface area (Å²) in [6.07, 6.45) is 0.496. The first-order valence-electron chi connectivity index (χ1n) is 6.99. The molecule has 0 spiro atoms. The largest absolute Gasteiger partial charge is 0.494 e. The average molecular weight is 271 g/mol. The van der Waals surface area contributed by atoms with Crippen molar-refractivity contribution in [1.29, 1.82) is 0 Å². The molecule has 0 amide bonds. The lowest BCUT2D eigenvalue weighted by Crippen LogP contribution is -2.11. The molecular formula is C17H21NO2. The molecule has 0 bridgehead atoms. The Hall–Kier alpha value is -2.00. The monoisotopic (exact) mass is 271 g/mol. The molecular weight excluding hydrogens is 250 g/mol. The van der Waals surface area contributed by atoms with Crippen molar-refractivity contribution in [2.45, 2.75) is 19.4 Å². The fourth-order valence-electron chi connectivity index (χ4n) is 1.90. The summed E-state index contributed by atoms with van der Waals surface area (Å²) in [5.41, 5.74) is 1.90. The second-order valence-electron chi connectivity index (χ2n) is 4.68. The fraction of sp³-hybridized carbons (Fsp3) is 0.294. The number of hydrogen-bond donors (Lipinski definition) is 2. The number of nitrogens with one attached hydrogen (secondary N) is 1. The van der Waals surface area contributed by atoms with Crippen molar-refractivity contribution in [1.82, 2.24) is 0 Å². The predicted molar refractivity (Wildman–Crippen MR) is 82.1 cm³/mol. The normalized spacial score (nSPS) is 11.9. The number of aliphatic hydroxyl groups excluding tert-OH is 1. The van der Waals surface area contributed by atoms with Gasteiger partial charge in [0.2, 0.25) is 0 Å². The van der Waals surface area contributed by atoms with E-state index in [1.165, 1.54) is 0 Å². The Morgan fingerprint density at radius 3 is 2.40 bits per heavy atom. The van der Waals surface area contributed by atoms with Crippen LogP contribution in [0.2, 0.25) is 0 Å². The average Bonchev–Trinajstić information content (AvgIpc) is 2.52. The molecule has 2 N–H and O–H groups in total. The smallest absolute Gasteiger partial charge is 0.119 e. The van der Waals surface area contributed by atoms with Gasteiger partial charge in [0.15, 0.2) is 0 Å². The van der Waals surface area contributed by atoms with Crippen molar-refractivity contribution in [3.63, 3.8) is 0 Å². The van der Waals surface area contributed by atoms with Gasteiger partial charge < -0.3 is 15.2 Å². The summed E-state index contributed by atoms with van der Waals surface area (Å²) in [7, 11) is 0. The molecule has 0 aliphatic carbocycles. The molecule has 3 nitrogen and oxygen atoms in total. The molecule has 106 valence electrons. The molecule has 0 fully saturated rings. The maximum absolute atomic E-state index is 10.1. The number of benzene rings is 2. The van der Waals surface area contributed by atoms with E-state index in [9.17, 15) is 5.11 Å². The predicted octanol–water partition coefficient (Wildman–Crippen LogP) is 3.62. The summed E-state index contributed by atoms with van der Waals surface area (Å²) >= 11 is 0. The van der Waals surface area contributed by atoms with Crippen molar-refractivity contribution in [3.8, 4) is 5.75 Å². The topological polar surface area (TPSA) is 41.5 Å². The van der Waals surface area contributed by atoms with Gasteiger partial charge in [-0.1, -0.05) is 37.3 Å². The van der Waals surface area contributed by atoms with E-state index in [1.807, 2.05) is 54.6 Å². The van der Waals surface area contributed by atoms with E-state index >= 15 is 0 Å². The second-order valence-corrected chi connectivity index (χ2v) is 4.68. The van der Waals surface area contributed by atoms with Crippen LogP contribution in [0.4, 0.5) is 5.69 Å². The van der Waals surface area contributed by atoms with Crippen molar-refractivity contribution in [2.24, 2.45) is 0 Å². The third-order valence-electron chi connectivity index (χ3n) is 3.01. The van der Waals surface area contributed by atoms with Crippen LogP contribution in [0, 0.1) is 0 Å². The second kappa shape index (κ2) is 7.56. The first-order chi connectivity index (χ1) is 9.79. The van der Waals surface area contributed by atoms with Gasteiger partial charge in [0.05, 0.1) is 12.7 Å². The quantitative estimate of drug-likeness (QED) is 0.808. The minimum absolute atomic E-state index is 0.485. The minimum Gasteiger partial charge on any atom is -0.494 e. The highest BCUT2D eigenvalue weighted by molar-refractivity contribution is 5.46. The Balaban J connectivity index is 1.84. The highest BCUT2D eigenvalue weighted by atomic mass is 16.5. The molecule has 1 unspecified atom stereocenters. The third kappa shape index (κ3) is 4.28. The lowest BCUT2D eigenvalue weighted by atomic mass is 10.1. The van der Waals surface area contributed by atoms with Crippen LogP contribution >= 0.6 is 0 Å². The van der Waals surface area contributed by atoms with Crippen molar-refractivity contribution in [3.05, 3.63) is 60.2 Å². The molecule has 2 aromatic carbocycles. The van der Waals surface area contributed by atoms with Crippen LogP contribution in [-0.4, -0.2) is 18.3 Å². The van der Waals surface area contributed by atoms with Gasteiger partial charge in [0.1, 0.15) is 5.75 Å². The van der Waals surface area contributed by atoms with Crippen molar-refractivity contribution in [2.75, 3.05) is 18.5 Å². The zero-order chi connectivity index (χ0) is 14.2. The molecule has 0 aromatic heterocycles. The Bertz CT molecular complexity index is 496. The number of rotatable bonds is 7. The van der Waals surface area contributed by atoms with E-state index in [0.29, 0.717) is 6.54 Å². The zero-order valence-corrected chi connectivity index (χ0v) is 11.8. The van der Waals surface area contributed by atoms with Crippen LogP contribution in [0.15, 0.2) is 54.6 Å². The van der Waals surface area contributed by atoms with Gasteiger partial charge in [0, 0.05) is 12.2 Å². The Morgan fingerprint density at radius 2 is 1.75 bits per heavy atom. The number of hydrogen-bond acceptors (Lipinski definition) is 3. The first kappa shape index (κ1) is 14.4. The minimum atomic E-state index is -0.507. The van der Waals surface area contributed by atoms with Crippen LogP contribution in [0.1, 0.15) is 25.0 Å². The fourth-order valence-corrected chi connectivity index (χ4v) is 1.90. The van der Waals surface area contributed by atoms with Crippen LogP contribution in [0.3, 0.4) is 0 Å². The maximum Gasteiger partial charge on any atom is 0.119 e. The van der Waals surface area contributed by atoms with E-state index in [1.54, 1.807) is 0 Å². The Kier molecular flexibility index (Phi) is 5.44. The van der Waals surface area contributed by atoms with Gasteiger partial charge in [-0.15, -0.1) is 0 Å². The van der Waals surface area contributed by atoms with Gasteiger partial charge in [0.25, 0.3) is 0 Å². The summed E-state index contributed by atoms with van der Waals surface area (Å²) < 4.78 is 5.53. The number of ether oxygens (including phenoxy) is 1. The molecule has 3 heteroatoms. The summed E-state index contributed by atoms with van der Waals surface area (Å²) in [4.78, 5) is 0. The van der Waals surface area contributed by atoms with Crippen LogP contribution in [0.5, 0.6) is 5.75 Å². The summed E-state index contributed by atoms with van der Waals surface area (Å²) in [5, 5.41) is 13.3. The van der Waals surface area contributed by atoms with Crippen LogP contribution < -0.4 is 10.1 Å². The molecule has 0 aliphatic rings. The lowest BCUT2D eigenvalue weighted by Gasteiger charge is -2.13. The molecule has 0 radical (unpaired) electrons. The zero-order valence-electron chi connectivity index (χ0n) is 11.8. The summed E-state index contributed by atoms with van der Waals surface area (Å²) in [6.45, 7) is 3.31. The molecule has 2 aromatic rings. The molecule has 0 aliphatic heterocycles. The van der Waals surface area contributed by atoms with E-state index in [2.05, 4.69) is 12.2 Å². The number of anilines is 1. The summed E-state index contributed by atoms with van der Waals surface area (Å²) in [5.74, 6) is 0.876. The van der Waals surface area contributed by atoms with Gasteiger partial charge in [-0.05, 0) is 36.2 Å². The highest BCUT2D eigenvalue weighted by Crippen LogP contribution is 2.18. The lowest BCUT2D eigenvalue weighted by molar-refractivity contribution is 0.191. The molecule has 0 saturated carbocycles. The molecule has 20 heavy (non-hydrogen) atoms. The van der Waals surface area contributed by atoms with Crippen LogP contribution in [-0.2, 0) is 0 Å². The van der Waals surface area contributed by atoms with Crippen molar-refractivity contribution < 1.29 is 9.84 Å². The van der Waals surface area contributed by atoms with Gasteiger partial charge >= 0.3 is 0 Å². The molecule has 0 heterocycles. The van der Waals surface area contributed by atoms with Crippen LogP contribution in [0.25, 0.3) is 0 Å². The Morgan fingerprint density at radius 1 is 1.05 bits per heavy atom. The maximum atomic E-state index is 10.1. The first-order valence-corrected chi connectivity index (χ1v) is 6.99. The third-order valence-corrected chi connectivity index (χ3v) is 3.01. The molecule has 0 saturated heterocycles. The van der Waals surface area contributed by atoms with E-state index in [4.69, 9.17) is 4.74 Å². The SMILES string of the molecule is CCCOc1ccc(NCC(O)c2ccccc2)cc1. The van der Waals surface area contributed by atoms with Gasteiger partial charge in [-0.2, -0.15) is 0 Å². The van der Waals surface area contributed by atoms with Gasteiger partial charge in [-0.3, -0.25) is 0 Å². The van der Waals surface area contributed by atoms with Crippen molar-refractivity contribution >= 4 is 5.69 Å². The number of aliphatic hydroxyl groups is 1. The molecule has 1 atom stereocenters. The van der Waals surface area contributed by atoms with E-state index in [-0.39, 0.29) is 0 Å².